The molecule has 0 saturated carbocycles. The van der Waals surface area contributed by atoms with Gasteiger partial charge in [-0.2, -0.15) is 5.10 Å². The van der Waals surface area contributed by atoms with Gasteiger partial charge in [-0.05, 0) is 50.2 Å². The Hall–Kier alpha value is -2.63. The first-order valence-electron chi connectivity index (χ1n) is 9.42. The molecule has 1 saturated heterocycles. The Bertz CT molecular complexity index is 919. The van der Waals surface area contributed by atoms with Crippen molar-refractivity contribution in [1.82, 2.24) is 20.0 Å². The lowest BCUT2D eigenvalue weighted by atomic mass is 10.0. The number of halogens is 1. The van der Waals surface area contributed by atoms with Crippen LogP contribution in [0.25, 0.3) is 16.9 Å². The first kappa shape index (κ1) is 20.1. The molecule has 5 nitrogen and oxygen atoms in total. The van der Waals surface area contributed by atoms with Crippen LogP contribution in [0.15, 0.2) is 66.9 Å². The van der Waals surface area contributed by atoms with Crippen LogP contribution in [0.3, 0.4) is 0 Å². The van der Waals surface area contributed by atoms with E-state index in [0.29, 0.717) is 11.6 Å². The maximum Gasteiger partial charge on any atom is 0.253 e. The quantitative estimate of drug-likeness (QED) is 0.730. The molecule has 28 heavy (non-hydrogen) atoms. The second kappa shape index (κ2) is 9.04. The minimum atomic E-state index is 0. The van der Waals surface area contributed by atoms with E-state index >= 15 is 0 Å². The third kappa shape index (κ3) is 4.11. The van der Waals surface area contributed by atoms with Crippen LogP contribution in [0.2, 0.25) is 0 Å². The molecule has 146 valence electrons. The molecule has 6 heteroatoms. The third-order valence-corrected chi connectivity index (χ3v) is 5.23. The van der Waals surface area contributed by atoms with Crippen LogP contribution < -0.4 is 5.32 Å². The Kier molecular flexibility index (Phi) is 6.49. The number of hydrogen-bond donors (Lipinski definition) is 1. The molecule has 0 aliphatic carbocycles. The summed E-state index contributed by atoms with van der Waals surface area (Å²) in [5.41, 5.74) is 3.69. The molecule has 1 aliphatic rings. The number of benzene rings is 2. The highest BCUT2D eigenvalue weighted by Gasteiger charge is 2.23. The highest BCUT2D eigenvalue weighted by atomic mass is 35.5. The summed E-state index contributed by atoms with van der Waals surface area (Å²) in [6, 6.07) is 20.2. The van der Waals surface area contributed by atoms with E-state index in [-0.39, 0.29) is 18.3 Å². The van der Waals surface area contributed by atoms with E-state index in [2.05, 4.69) is 22.5 Å². The van der Waals surface area contributed by atoms with Crippen molar-refractivity contribution in [2.45, 2.75) is 18.9 Å². The van der Waals surface area contributed by atoms with Crippen LogP contribution >= 0.6 is 12.4 Å². The fourth-order valence-corrected chi connectivity index (χ4v) is 3.67. The van der Waals surface area contributed by atoms with E-state index in [9.17, 15) is 4.79 Å². The van der Waals surface area contributed by atoms with Crippen LogP contribution in [0.1, 0.15) is 23.2 Å². The van der Waals surface area contributed by atoms with E-state index in [1.807, 2.05) is 65.2 Å². The minimum Gasteiger partial charge on any atom is -0.339 e. The Morgan fingerprint density at radius 2 is 1.82 bits per heavy atom. The maximum absolute atomic E-state index is 13.0. The van der Waals surface area contributed by atoms with Gasteiger partial charge >= 0.3 is 0 Å². The Labute approximate surface area is 171 Å². The molecule has 0 atom stereocenters. The number of nitrogens with one attached hydrogen (secondary N) is 1. The molecule has 0 bridgehead atoms. The number of amides is 1. The molecule has 0 unspecified atom stereocenters. The molecule has 1 fully saturated rings. The standard InChI is InChI=1S/C22H24N4O.ClH/c1-25(19-10-13-23-14-11-19)22(27)18-8-5-9-20(16-18)26-21(12-15-24-26)17-6-3-2-4-7-17;/h2-9,12,15-16,19,23H,10-11,13-14H2,1H3;1H. The summed E-state index contributed by atoms with van der Waals surface area (Å²) in [6.07, 6.45) is 3.79. The zero-order valence-electron chi connectivity index (χ0n) is 15.9. The summed E-state index contributed by atoms with van der Waals surface area (Å²) in [5.74, 6) is 0.0668. The van der Waals surface area contributed by atoms with E-state index in [1.54, 1.807) is 6.20 Å². The van der Waals surface area contributed by atoms with Crippen LogP contribution in [0, 0.1) is 0 Å². The maximum atomic E-state index is 13.0. The van der Waals surface area contributed by atoms with Crippen molar-refractivity contribution < 1.29 is 4.79 Å². The normalized spacial score (nSPS) is 14.3. The van der Waals surface area contributed by atoms with Crippen molar-refractivity contribution in [3.63, 3.8) is 0 Å². The molecule has 1 aliphatic heterocycles. The van der Waals surface area contributed by atoms with Gasteiger partial charge in [-0.1, -0.05) is 36.4 Å². The molecule has 1 aromatic heterocycles. The number of carbonyl (C=O) groups excluding carboxylic acids is 1. The molecular weight excluding hydrogens is 372 g/mol. The second-order valence-electron chi connectivity index (χ2n) is 6.94. The van der Waals surface area contributed by atoms with Crippen LogP contribution in [0.5, 0.6) is 0 Å². The zero-order valence-corrected chi connectivity index (χ0v) is 16.7. The van der Waals surface area contributed by atoms with Gasteiger partial charge < -0.3 is 10.2 Å². The predicted octanol–water partition coefficient (Wildman–Crippen LogP) is 3.79. The average Bonchev–Trinajstić information content (AvgIpc) is 3.24. The Balaban J connectivity index is 0.00000225. The lowest BCUT2D eigenvalue weighted by Gasteiger charge is -2.31. The average molecular weight is 397 g/mol. The number of rotatable bonds is 4. The van der Waals surface area contributed by atoms with Gasteiger partial charge in [-0.3, -0.25) is 4.79 Å². The number of aromatic nitrogens is 2. The first-order chi connectivity index (χ1) is 13.2. The Morgan fingerprint density at radius 1 is 1.07 bits per heavy atom. The summed E-state index contributed by atoms with van der Waals surface area (Å²) in [6.45, 7) is 1.94. The van der Waals surface area contributed by atoms with Gasteiger partial charge in [0.05, 0.1) is 17.6 Å². The zero-order chi connectivity index (χ0) is 18.6. The fraction of sp³-hybridized carbons (Fsp3) is 0.273. The number of nitrogens with zero attached hydrogens (tertiary/aromatic N) is 3. The van der Waals surface area contributed by atoms with Gasteiger partial charge in [0.25, 0.3) is 5.91 Å². The number of hydrogen-bond acceptors (Lipinski definition) is 3. The summed E-state index contributed by atoms with van der Waals surface area (Å²) < 4.78 is 1.89. The molecule has 2 heterocycles. The van der Waals surface area contributed by atoms with Crippen molar-refractivity contribution in [3.05, 3.63) is 72.4 Å². The lowest BCUT2D eigenvalue weighted by molar-refractivity contribution is 0.0703. The van der Waals surface area contributed by atoms with Crippen molar-refractivity contribution >= 4 is 18.3 Å². The van der Waals surface area contributed by atoms with E-state index in [4.69, 9.17) is 0 Å². The van der Waals surface area contributed by atoms with Crippen molar-refractivity contribution in [3.8, 4) is 16.9 Å². The second-order valence-corrected chi connectivity index (χ2v) is 6.94. The van der Waals surface area contributed by atoms with E-state index < -0.39 is 0 Å². The van der Waals surface area contributed by atoms with Gasteiger partial charge in [0.1, 0.15) is 0 Å². The fourth-order valence-electron chi connectivity index (χ4n) is 3.67. The molecule has 1 N–H and O–H groups in total. The van der Waals surface area contributed by atoms with Gasteiger partial charge in [0, 0.05) is 24.2 Å². The minimum absolute atomic E-state index is 0. The van der Waals surface area contributed by atoms with Crippen molar-refractivity contribution in [1.29, 1.82) is 0 Å². The topological polar surface area (TPSA) is 50.2 Å². The monoisotopic (exact) mass is 396 g/mol. The Morgan fingerprint density at radius 3 is 2.57 bits per heavy atom. The lowest BCUT2D eigenvalue weighted by Crippen LogP contribution is -2.43. The molecule has 4 rings (SSSR count). The molecule has 1 amide bonds. The van der Waals surface area contributed by atoms with Crippen LogP contribution in [0.4, 0.5) is 0 Å². The highest BCUT2D eigenvalue weighted by molar-refractivity contribution is 5.94. The van der Waals surface area contributed by atoms with Crippen LogP contribution in [-0.4, -0.2) is 46.8 Å². The van der Waals surface area contributed by atoms with Crippen molar-refractivity contribution in [2.24, 2.45) is 0 Å². The first-order valence-corrected chi connectivity index (χ1v) is 9.42. The summed E-state index contributed by atoms with van der Waals surface area (Å²) in [4.78, 5) is 14.9. The molecule has 2 aromatic carbocycles. The highest BCUT2D eigenvalue weighted by Crippen LogP contribution is 2.23. The van der Waals surface area contributed by atoms with E-state index in [0.717, 1.165) is 42.9 Å². The summed E-state index contributed by atoms with van der Waals surface area (Å²) >= 11 is 0. The number of piperidine rings is 1. The predicted molar refractivity (Wildman–Crippen MR) is 114 cm³/mol. The van der Waals surface area contributed by atoms with E-state index in [1.165, 1.54) is 0 Å². The van der Waals surface area contributed by atoms with Crippen LogP contribution in [-0.2, 0) is 0 Å². The largest absolute Gasteiger partial charge is 0.339 e. The molecule has 0 spiro atoms. The molecular formula is C22H25ClN4O. The summed E-state index contributed by atoms with van der Waals surface area (Å²) in [5, 5.41) is 7.83. The van der Waals surface area contributed by atoms with Gasteiger partial charge in [0.15, 0.2) is 0 Å². The number of carbonyl (C=O) groups is 1. The smallest absolute Gasteiger partial charge is 0.253 e. The SMILES string of the molecule is CN(C(=O)c1cccc(-n2nccc2-c2ccccc2)c1)C1CCNCC1.Cl. The summed E-state index contributed by atoms with van der Waals surface area (Å²) in [7, 11) is 1.91. The van der Waals surface area contributed by atoms with Gasteiger partial charge in [0.2, 0.25) is 0 Å². The van der Waals surface area contributed by atoms with Crippen molar-refractivity contribution in [2.75, 3.05) is 20.1 Å². The third-order valence-electron chi connectivity index (χ3n) is 5.23. The van der Waals surface area contributed by atoms with Gasteiger partial charge in [-0.25, -0.2) is 4.68 Å². The van der Waals surface area contributed by atoms with Gasteiger partial charge in [-0.15, -0.1) is 12.4 Å². The molecule has 3 aromatic rings. The molecule has 0 radical (unpaired) electrons.